The molecule has 1 aromatic carbocycles. The minimum atomic E-state index is -0.0189. The predicted molar refractivity (Wildman–Crippen MR) is 97.9 cm³/mol. The maximum absolute atomic E-state index is 5.48. The molecule has 0 radical (unpaired) electrons. The molecule has 1 aromatic heterocycles. The van der Waals surface area contributed by atoms with E-state index < -0.39 is 0 Å². The molecule has 0 amide bonds. The molecule has 126 valence electrons. The Morgan fingerprint density at radius 1 is 1.30 bits per heavy atom. The van der Waals surface area contributed by atoms with Crippen molar-refractivity contribution in [2.75, 3.05) is 7.11 Å². The number of hydrogen-bond donors (Lipinski definition) is 0. The molecule has 0 unspecified atom stereocenters. The van der Waals surface area contributed by atoms with Crippen molar-refractivity contribution in [2.45, 2.75) is 66.0 Å². The molecule has 0 fully saturated rings. The number of aromatic nitrogens is 2. The minimum Gasteiger partial charge on any atom is -0.379 e. The molecule has 0 saturated carbocycles. The lowest BCUT2D eigenvalue weighted by Crippen LogP contribution is -2.21. The monoisotopic (exact) mass is 314 g/mol. The SMILES string of the molecule is COC(C)(C)CCCC(C)=CCn1c(C)nc2c(C)cccc21. The second kappa shape index (κ2) is 7.31. The number of methoxy groups -OCH3 is 1. The molecule has 1 heterocycles. The Balaban J connectivity index is 2.02. The van der Waals surface area contributed by atoms with Gasteiger partial charge in [-0.15, -0.1) is 0 Å². The van der Waals surface area contributed by atoms with Crippen LogP contribution in [-0.2, 0) is 11.3 Å². The van der Waals surface area contributed by atoms with Gasteiger partial charge in [0.25, 0.3) is 0 Å². The summed E-state index contributed by atoms with van der Waals surface area (Å²) in [6.45, 7) is 11.6. The highest BCUT2D eigenvalue weighted by Gasteiger charge is 2.15. The van der Waals surface area contributed by atoms with E-state index in [-0.39, 0.29) is 5.60 Å². The van der Waals surface area contributed by atoms with E-state index in [1.807, 2.05) is 0 Å². The Labute approximate surface area is 140 Å². The van der Waals surface area contributed by atoms with Crippen LogP contribution in [0.5, 0.6) is 0 Å². The first kappa shape index (κ1) is 17.7. The van der Waals surface area contributed by atoms with Crippen LogP contribution >= 0.6 is 0 Å². The number of fused-ring (bicyclic) bond motifs is 1. The summed E-state index contributed by atoms with van der Waals surface area (Å²) < 4.78 is 7.78. The zero-order chi connectivity index (χ0) is 17.0. The van der Waals surface area contributed by atoms with E-state index in [1.165, 1.54) is 16.7 Å². The van der Waals surface area contributed by atoms with Crippen LogP contribution in [0.1, 0.15) is 51.4 Å². The summed E-state index contributed by atoms with van der Waals surface area (Å²) in [4.78, 5) is 4.71. The van der Waals surface area contributed by atoms with E-state index in [4.69, 9.17) is 9.72 Å². The molecule has 0 aliphatic heterocycles. The first-order valence-corrected chi connectivity index (χ1v) is 8.47. The van der Waals surface area contributed by atoms with Crippen molar-refractivity contribution in [3.8, 4) is 0 Å². The van der Waals surface area contributed by atoms with Crippen molar-refractivity contribution >= 4 is 11.0 Å². The predicted octanol–water partition coefficient (Wildman–Crippen LogP) is 5.19. The largest absolute Gasteiger partial charge is 0.379 e. The first-order chi connectivity index (χ1) is 10.8. The third kappa shape index (κ3) is 4.44. The number of nitrogens with zero attached hydrogens (tertiary/aromatic N) is 2. The molecular weight excluding hydrogens is 284 g/mol. The normalized spacial score (nSPS) is 13.0. The quantitative estimate of drug-likeness (QED) is 0.657. The van der Waals surface area contributed by atoms with Crippen molar-refractivity contribution in [2.24, 2.45) is 0 Å². The molecular formula is C20H30N2O. The standard InChI is InChI=1S/C20H30N2O/c1-15(9-8-13-20(4,5)23-6)12-14-22-17(3)21-19-16(2)10-7-11-18(19)22/h7,10-12H,8-9,13-14H2,1-6H3. The topological polar surface area (TPSA) is 27.1 Å². The molecule has 0 aliphatic carbocycles. The Morgan fingerprint density at radius 2 is 2.04 bits per heavy atom. The first-order valence-electron chi connectivity index (χ1n) is 8.47. The zero-order valence-corrected chi connectivity index (χ0v) is 15.4. The van der Waals surface area contributed by atoms with Gasteiger partial charge in [-0.1, -0.05) is 23.8 Å². The fourth-order valence-electron chi connectivity index (χ4n) is 2.88. The Bertz CT molecular complexity index is 695. The Kier molecular flexibility index (Phi) is 5.64. The van der Waals surface area contributed by atoms with Crippen molar-refractivity contribution in [3.63, 3.8) is 0 Å². The van der Waals surface area contributed by atoms with Gasteiger partial charge in [0, 0.05) is 13.7 Å². The molecule has 0 aliphatic rings. The lowest BCUT2D eigenvalue weighted by Gasteiger charge is -2.22. The maximum Gasteiger partial charge on any atom is 0.107 e. The molecule has 2 rings (SSSR count). The fourth-order valence-corrected chi connectivity index (χ4v) is 2.88. The number of hydrogen-bond acceptors (Lipinski definition) is 2. The van der Waals surface area contributed by atoms with Gasteiger partial charge in [0.2, 0.25) is 0 Å². The lowest BCUT2D eigenvalue weighted by molar-refractivity contribution is 0.0140. The number of benzene rings is 1. The van der Waals surface area contributed by atoms with E-state index in [0.29, 0.717) is 0 Å². The molecule has 23 heavy (non-hydrogen) atoms. The third-order valence-corrected chi connectivity index (χ3v) is 4.70. The summed E-state index contributed by atoms with van der Waals surface area (Å²) in [5.74, 6) is 1.08. The number of aryl methyl sites for hydroxylation is 2. The van der Waals surface area contributed by atoms with Gasteiger partial charge in [0.1, 0.15) is 5.82 Å². The molecule has 0 N–H and O–H groups in total. The second-order valence-corrected chi connectivity index (χ2v) is 7.08. The number of para-hydroxylation sites is 1. The van der Waals surface area contributed by atoms with Gasteiger partial charge in [-0.2, -0.15) is 0 Å². The molecule has 0 bridgehead atoms. The van der Waals surface area contributed by atoms with Crippen LogP contribution in [0.4, 0.5) is 0 Å². The third-order valence-electron chi connectivity index (χ3n) is 4.70. The van der Waals surface area contributed by atoms with E-state index in [2.05, 4.69) is 63.5 Å². The van der Waals surface area contributed by atoms with Crippen molar-refractivity contribution in [1.29, 1.82) is 0 Å². The number of imidazole rings is 1. The fraction of sp³-hybridized carbons (Fsp3) is 0.550. The summed E-state index contributed by atoms with van der Waals surface area (Å²) in [6, 6.07) is 6.39. The van der Waals surface area contributed by atoms with Crippen LogP contribution in [0.15, 0.2) is 29.8 Å². The summed E-state index contributed by atoms with van der Waals surface area (Å²) in [5, 5.41) is 0. The zero-order valence-electron chi connectivity index (χ0n) is 15.4. The van der Waals surface area contributed by atoms with Crippen molar-refractivity contribution < 1.29 is 4.74 Å². The molecule has 0 atom stereocenters. The average Bonchev–Trinajstić information content (AvgIpc) is 2.82. The van der Waals surface area contributed by atoms with Gasteiger partial charge in [0.05, 0.1) is 16.6 Å². The second-order valence-electron chi connectivity index (χ2n) is 7.08. The average molecular weight is 314 g/mol. The van der Waals surface area contributed by atoms with E-state index in [9.17, 15) is 0 Å². The van der Waals surface area contributed by atoms with Crippen molar-refractivity contribution in [1.82, 2.24) is 9.55 Å². The van der Waals surface area contributed by atoms with Crippen LogP contribution in [0.3, 0.4) is 0 Å². The van der Waals surface area contributed by atoms with Crippen LogP contribution < -0.4 is 0 Å². The smallest absolute Gasteiger partial charge is 0.107 e. The number of ether oxygens (including phenoxy) is 1. The van der Waals surface area contributed by atoms with Crippen molar-refractivity contribution in [3.05, 3.63) is 41.2 Å². The van der Waals surface area contributed by atoms with E-state index in [1.54, 1.807) is 7.11 Å². The maximum atomic E-state index is 5.48. The molecule has 3 heteroatoms. The highest BCUT2D eigenvalue weighted by molar-refractivity contribution is 5.79. The highest BCUT2D eigenvalue weighted by Crippen LogP contribution is 2.21. The highest BCUT2D eigenvalue weighted by atomic mass is 16.5. The van der Waals surface area contributed by atoms with Gasteiger partial charge >= 0.3 is 0 Å². The molecule has 2 aromatic rings. The molecule has 3 nitrogen and oxygen atoms in total. The van der Waals surface area contributed by atoms with Crippen LogP contribution in [0, 0.1) is 13.8 Å². The minimum absolute atomic E-state index is 0.0189. The summed E-state index contributed by atoms with van der Waals surface area (Å²) in [7, 11) is 1.79. The van der Waals surface area contributed by atoms with Gasteiger partial charge in [-0.05, 0) is 65.5 Å². The number of rotatable bonds is 7. The number of allylic oxidation sites excluding steroid dienone is 2. The summed E-state index contributed by atoms with van der Waals surface area (Å²) in [6.07, 6.45) is 5.70. The van der Waals surface area contributed by atoms with Gasteiger partial charge in [-0.3, -0.25) is 0 Å². The van der Waals surface area contributed by atoms with Gasteiger partial charge in [0.15, 0.2) is 0 Å². The lowest BCUT2D eigenvalue weighted by atomic mass is 9.99. The van der Waals surface area contributed by atoms with Crippen LogP contribution in [-0.4, -0.2) is 22.3 Å². The van der Waals surface area contributed by atoms with Gasteiger partial charge < -0.3 is 9.30 Å². The van der Waals surface area contributed by atoms with Crippen LogP contribution in [0.25, 0.3) is 11.0 Å². The Morgan fingerprint density at radius 3 is 2.74 bits per heavy atom. The van der Waals surface area contributed by atoms with E-state index >= 15 is 0 Å². The summed E-state index contributed by atoms with van der Waals surface area (Å²) in [5.41, 5.74) is 5.01. The van der Waals surface area contributed by atoms with Gasteiger partial charge in [-0.25, -0.2) is 4.98 Å². The van der Waals surface area contributed by atoms with Crippen LogP contribution in [0.2, 0.25) is 0 Å². The molecule has 0 spiro atoms. The molecule has 0 saturated heterocycles. The Hall–Kier alpha value is -1.61. The summed E-state index contributed by atoms with van der Waals surface area (Å²) >= 11 is 0. The van der Waals surface area contributed by atoms with E-state index in [0.717, 1.165) is 37.1 Å².